The van der Waals surface area contributed by atoms with Crippen molar-refractivity contribution in [2.24, 2.45) is 0 Å². The third-order valence-electron chi connectivity index (χ3n) is 5.22. The van der Waals surface area contributed by atoms with Crippen LogP contribution in [0.4, 0.5) is 0 Å². The van der Waals surface area contributed by atoms with Crippen LogP contribution >= 0.6 is 0 Å². The summed E-state index contributed by atoms with van der Waals surface area (Å²) in [6.45, 7) is 5.18. The Labute approximate surface area is 206 Å². The van der Waals surface area contributed by atoms with Crippen LogP contribution in [0.5, 0.6) is 5.75 Å². The maximum atomic E-state index is 12.5. The Morgan fingerprint density at radius 1 is 0.914 bits per heavy atom. The molecule has 1 heterocycles. The van der Waals surface area contributed by atoms with Crippen LogP contribution in [-0.2, 0) is 20.7 Å². The summed E-state index contributed by atoms with van der Waals surface area (Å²) in [6, 6.07) is 15.0. The van der Waals surface area contributed by atoms with Crippen LogP contribution in [-0.4, -0.2) is 54.2 Å². The van der Waals surface area contributed by atoms with Crippen molar-refractivity contribution in [3.05, 3.63) is 66.5 Å². The minimum atomic E-state index is -0.592. The Morgan fingerprint density at radius 2 is 1.51 bits per heavy atom. The number of likely N-dealkylation sites (N-methyl/N-ethyl adjacent to an activating group) is 1. The molecule has 1 amide bonds. The zero-order chi connectivity index (χ0) is 25.4. The summed E-state index contributed by atoms with van der Waals surface area (Å²) in [5, 5.41) is 5.64. The number of ether oxygens (including phenoxy) is 2. The van der Waals surface area contributed by atoms with Crippen molar-refractivity contribution in [3.63, 3.8) is 0 Å². The van der Waals surface area contributed by atoms with E-state index in [-0.39, 0.29) is 12.5 Å². The molecule has 0 radical (unpaired) electrons. The number of esters is 1. The highest BCUT2D eigenvalue weighted by molar-refractivity contribution is 5.86. The number of nitrogens with zero attached hydrogens (tertiary/aromatic N) is 2. The Kier molecular flexibility index (Phi) is 8.54. The highest BCUT2D eigenvalue weighted by atomic mass is 16.6. The van der Waals surface area contributed by atoms with E-state index in [2.05, 4.69) is 20.6 Å². The number of hydrogen-bond acceptors (Lipinski definition) is 7. The molecule has 35 heavy (non-hydrogen) atoms. The maximum Gasteiger partial charge on any atom is 0.325 e. The van der Waals surface area contributed by atoms with Gasteiger partial charge in [0.15, 0.2) is 5.82 Å². The first-order valence-electron chi connectivity index (χ1n) is 11.4. The van der Waals surface area contributed by atoms with E-state index in [1.165, 1.54) is 0 Å². The lowest BCUT2D eigenvalue weighted by molar-refractivity contribution is -0.154. The first-order valence-corrected chi connectivity index (χ1v) is 11.4. The van der Waals surface area contributed by atoms with Crippen LogP contribution in [0.25, 0.3) is 22.5 Å². The third kappa shape index (κ3) is 7.61. The first kappa shape index (κ1) is 25.8. The van der Waals surface area contributed by atoms with Gasteiger partial charge in [-0.15, -0.1) is 0 Å². The molecule has 0 aliphatic rings. The Balaban J connectivity index is 1.59. The molecule has 1 atom stereocenters. The van der Waals surface area contributed by atoms with Gasteiger partial charge in [-0.25, -0.2) is 9.97 Å². The molecule has 0 spiro atoms. The minimum Gasteiger partial charge on any atom is -0.497 e. The zero-order valence-electron chi connectivity index (χ0n) is 20.8. The van der Waals surface area contributed by atoms with Gasteiger partial charge in [0.25, 0.3) is 0 Å². The van der Waals surface area contributed by atoms with E-state index < -0.39 is 17.6 Å². The van der Waals surface area contributed by atoms with Crippen molar-refractivity contribution >= 4 is 11.9 Å². The van der Waals surface area contributed by atoms with Crippen LogP contribution in [0, 0.1) is 0 Å². The number of methoxy groups -OCH3 is 1. The van der Waals surface area contributed by atoms with Crippen molar-refractivity contribution < 1.29 is 19.1 Å². The largest absolute Gasteiger partial charge is 0.497 e. The summed E-state index contributed by atoms with van der Waals surface area (Å²) in [4.78, 5) is 33.4. The van der Waals surface area contributed by atoms with Crippen molar-refractivity contribution in [3.8, 4) is 28.3 Å². The van der Waals surface area contributed by atoms with Gasteiger partial charge >= 0.3 is 5.97 Å². The quantitative estimate of drug-likeness (QED) is 0.456. The highest BCUT2D eigenvalue weighted by Gasteiger charge is 2.20. The molecule has 2 N–H and O–H groups in total. The van der Waals surface area contributed by atoms with Crippen LogP contribution in [0.3, 0.4) is 0 Å². The molecular weight excluding hydrogens is 444 g/mol. The van der Waals surface area contributed by atoms with Gasteiger partial charge in [0.1, 0.15) is 17.9 Å². The second-order valence-corrected chi connectivity index (χ2v) is 9.07. The average Bonchev–Trinajstić information content (AvgIpc) is 2.85. The third-order valence-corrected chi connectivity index (χ3v) is 5.22. The summed E-state index contributed by atoms with van der Waals surface area (Å²) in [5.41, 5.74) is 3.19. The lowest BCUT2D eigenvalue weighted by atomic mass is 10.0. The van der Waals surface area contributed by atoms with Gasteiger partial charge < -0.3 is 20.1 Å². The summed E-state index contributed by atoms with van der Waals surface area (Å²) < 4.78 is 10.4. The van der Waals surface area contributed by atoms with Gasteiger partial charge in [0, 0.05) is 23.5 Å². The van der Waals surface area contributed by atoms with Crippen LogP contribution in [0.2, 0.25) is 0 Å². The lowest BCUT2D eigenvalue weighted by Gasteiger charge is -2.20. The monoisotopic (exact) mass is 476 g/mol. The number of carbonyl (C=O) groups excluding carboxylic acids is 2. The smallest absolute Gasteiger partial charge is 0.325 e. The zero-order valence-corrected chi connectivity index (χ0v) is 20.8. The number of benzene rings is 2. The topological polar surface area (TPSA) is 102 Å². The fraction of sp³-hybridized carbons (Fsp3) is 0.333. The molecule has 0 aliphatic carbocycles. The highest BCUT2D eigenvalue weighted by Crippen LogP contribution is 2.23. The van der Waals surface area contributed by atoms with Gasteiger partial charge in [0.05, 0.1) is 13.2 Å². The predicted molar refractivity (Wildman–Crippen MR) is 135 cm³/mol. The molecule has 0 saturated carbocycles. The summed E-state index contributed by atoms with van der Waals surface area (Å²) >= 11 is 0. The van der Waals surface area contributed by atoms with Crippen LogP contribution in [0.15, 0.2) is 60.9 Å². The molecular formula is C27H32N4O4. The normalized spacial score (nSPS) is 12.0. The molecule has 3 rings (SSSR count). The van der Waals surface area contributed by atoms with E-state index in [0.29, 0.717) is 12.2 Å². The van der Waals surface area contributed by atoms with E-state index in [4.69, 9.17) is 9.47 Å². The molecule has 184 valence electrons. The number of carbonyl (C=O) groups is 2. The Hall–Kier alpha value is -3.78. The summed E-state index contributed by atoms with van der Waals surface area (Å²) in [6.07, 6.45) is 4.06. The number of aromatic nitrogens is 2. The molecule has 1 aromatic heterocycles. The molecule has 8 heteroatoms. The molecule has 0 fully saturated rings. The molecule has 0 saturated heterocycles. The van der Waals surface area contributed by atoms with E-state index in [1.54, 1.807) is 47.3 Å². The second kappa shape index (κ2) is 11.6. The van der Waals surface area contributed by atoms with Crippen molar-refractivity contribution in [2.75, 3.05) is 20.7 Å². The molecule has 0 aliphatic heterocycles. The van der Waals surface area contributed by atoms with Crippen molar-refractivity contribution in [2.45, 2.75) is 38.8 Å². The van der Waals surface area contributed by atoms with Gasteiger partial charge in [-0.2, -0.15) is 0 Å². The first-order chi connectivity index (χ1) is 16.7. The van der Waals surface area contributed by atoms with Crippen LogP contribution < -0.4 is 15.4 Å². The lowest BCUT2D eigenvalue weighted by Crippen LogP contribution is -2.46. The fourth-order valence-corrected chi connectivity index (χ4v) is 3.42. The van der Waals surface area contributed by atoms with E-state index in [9.17, 15) is 9.59 Å². The van der Waals surface area contributed by atoms with Crippen molar-refractivity contribution in [1.82, 2.24) is 20.6 Å². The van der Waals surface area contributed by atoms with Gasteiger partial charge in [-0.3, -0.25) is 9.59 Å². The van der Waals surface area contributed by atoms with Crippen molar-refractivity contribution in [1.29, 1.82) is 0 Å². The average molecular weight is 477 g/mol. The molecule has 8 nitrogen and oxygen atoms in total. The number of amides is 1. The van der Waals surface area contributed by atoms with Gasteiger partial charge in [0.2, 0.25) is 5.91 Å². The molecule has 0 bridgehead atoms. The minimum absolute atomic E-state index is 0.170. The molecule has 2 aromatic carbocycles. The number of rotatable bonds is 9. The van der Waals surface area contributed by atoms with E-state index in [1.807, 2.05) is 48.5 Å². The SMILES string of the molecule is CNC(Cc1ccc(-c2ncc(-c3ccc(OC)cc3)cn2)cc1)C(=O)NCC(=O)OC(C)(C)C. The van der Waals surface area contributed by atoms with Crippen LogP contribution in [0.1, 0.15) is 26.3 Å². The number of hydrogen-bond donors (Lipinski definition) is 2. The summed E-state index contributed by atoms with van der Waals surface area (Å²) in [7, 11) is 3.35. The van der Waals surface area contributed by atoms with E-state index >= 15 is 0 Å². The number of nitrogens with one attached hydrogen (secondary N) is 2. The maximum absolute atomic E-state index is 12.5. The Bertz CT molecular complexity index is 1120. The van der Waals surface area contributed by atoms with Gasteiger partial charge in [-0.1, -0.05) is 36.4 Å². The molecule has 1 unspecified atom stereocenters. The standard InChI is InChI=1S/C27H32N4O4/c1-27(2,3)35-24(32)17-31-26(33)23(28-4)14-18-6-8-20(9-7-18)25-29-15-21(16-30-25)19-10-12-22(34-5)13-11-19/h6-13,15-16,23,28H,14,17H2,1-5H3,(H,31,33). The summed E-state index contributed by atoms with van der Waals surface area (Å²) in [5.74, 6) is 0.685. The van der Waals surface area contributed by atoms with E-state index in [0.717, 1.165) is 28.0 Å². The molecule has 3 aromatic rings. The fourth-order valence-electron chi connectivity index (χ4n) is 3.42. The second-order valence-electron chi connectivity index (χ2n) is 9.07. The predicted octanol–water partition coefficient (Wildman–Crippen LogP) is 3.41. The van der Waals surface area contributed by atoms with Gasteiger partial charge in [-0.05, 0) is 57.5 Å². The Morgan fingerprint density at radius 3 is 2.06 bits per heavy atom.